The minimum Gasteiger partial charge on any atom is -0.497 e. The number of hydrogen-bond donors (Lipinski definition) is 3. The molecule has 0 aliphatic heterocycles. The number of fused-ring (bicyclic) bond motifs is 1. The lowest BCUT2D eigenvalue weighted by Crippen LogP contribution is -2.15. The Balaban J connectivity index is 0.000000336. The van der Waals surface area contributed by atoms with Crippen molar-refractivity contribution < 1.29 is 14.2 Å². The Morgan fingerprint density at radius 3 is 2.26 bits per heavy atom. The number of benzene rings is 3. The van der Waals surface area contributed by atoms with Gasteiger partial charge in [0.1, 0.15) is 23.0 Å². The zero-order valence-corrected chi connectivity index (χ0v) is 22.6. The van der Waals surface area contributed by atoms with Gasteiger partial charge in [0.25, 0.3) is 0 Å². The number of nitrogens with zero attached hydrogens (tertiary/aromatic N) is 2. The molecule has 0 unspecified atom stereocenters. The molecule has 0 radical (unpaired) electrons. The van der Waals surface area contributed by atoms with E-state index in [9.17, 15) is 0 Å². The van der Waals surface area contributed by atoms with Crippen molar-refractivity contribution in [1.82, 2.24) is 9.71 Å². The first-order chi connectivity index (χ1) is 18.6. The second kappa shape index (κ2) is 15.3. The van der Waals surface area contributed by atoms with E-state index in [1.165, 1.54) is 18.1 Å². The first kappa shape index (κ1) is 28.5. The van der Waals surface area contributed by atoms with Gasteiger partial charge in [-0.25, -0.2) is 0 Å². The highest BCUT2D eigenvalue weighted by atomic mass is 32.2. The topological polar surface area (TPSA) is 117 Å². The van der Waals surface area contributed by atoms with E-state index in [4.69, 9.17) is 25.7 Å². The van der Waals surface area contributed by atoms with E-state index in [1.807, 2.05) is 72.8 Å². The van der Waals surface area contributed by atoms with Crippen molar-refractivity contribution in [2.45, 2.75) is 11.4 Å². The van der Waals surface area contributed by atoms with Gasteiger partial charge in [-0.05, 0) is 84.4 Å². The fourth-order valence-electron chi connectivity index (χ4n) is 3.30. The summed E-state index contributed by atoms with van der Waals surface area (Å²) < 4.78 is 19.5. The number of nitrogens with two attached hydrogens (primary N) is 2. The molecule has 0 saturated carbocycles. The van der Waals surface area contributed by atoms with Crippen LogP contribution in [0.25, 0.3) is 10.9 Å². The molecular formula is C29H33N5O3S. The van der Waals surface area contributed by atoms with Crippen LogP contribution in [-0.2, 0) is 6.54 Å². The average Bonchev–Trinajstić information content (AvgIpc) is 2.97. The third-order valence-electron chi connectivity index (χ3n) is 5.38. The van der Waals surface area contributed by atoms with Crippen LogP contribution in [-0.4, -0.2) is 38.5 Å². The molecule has 0 amide bonds. The lowest BCUT2D eigenvalue weighted by atomic mass is 10.2. The Bertz CT molecular complexity index is 1320. The molecule has 0 fully saturated rings. The monoisotopic (exact) mass is 531 g/mol. The molecule has 5 N–H and O–H groups in total. The summed E-state index contributed by atoms with van der Waals surface area (Å²) in [4.78, 5) is 9.60. The van der Waals surface area contributed by atoms with Crippen molar-refractivity contribution in [3.63, 3.8) is 0 Å². The van der Waals surface area contributed by atoms with Crippen LogP contribution in [0.15, 0.2) is 101 Å². The van der Waals surface area contributed by atoms with Crippen molar-refractivity contribution in [1.29, 1.82) is 0 Å². The molecule has 8 nitrogen and oxygen atoms in total. The van der Waals surface area contributed by atoms with Crippen molar-refractivity contribution in [2.75, 3.05) is 27.8 Å². The van der Waals surface area contributed by atoms with Crippen molar-refractivity contribution >= 4 is 28.6 Å². The van der Waals surface area contributed by atoms with E-state index in [0.29, 0.717) is 13.1 Å². The maximum absolute atomic E-state index is 6.06. The third-order valence-corrected chi connectivity index (χ3v) is 6.17. The molecule has 0 aliphatic rings. The van der Waals surface area contributed by atoms with Crippen LogP contribution in [0.2, 0.25) is 0 Å². The lowest BCUT2D eigenvalue weighted by molar-refractivity contribution is 0.414. The summed E-state index contributed by atoms with van der Waals surface area (Å²) in [6.07, 6.45) is 4.99. The van der Waals surface area contributed by atoms with Gasteiger partial charge in [0.2, 0.25) is 0 Å². The van der Waals surface area contributed by atoms with E-state index < -0.39 is 0 Å². The molecule has 0 aliphatic carbocycles. The number of ether oxygens (including phenoxy) is 3. The predicted molar refractivity (Wildman–Crippen MR) is 156 cm³/mol. The van der Waals surface area contributed by atoms with Crippen molar-refractivity contribution in [3.05, 3.63) is 96.8 Å². The molecule has 4 aromatic rings. The molecule has 9 heteroatoms. The van der Waals surface area contributed by atoms with Crippen molar-refractivity contribution in [2.24, 2.45) is 16.5 Å². The molecular weight excluding hydrogens is 498 g/mol. The second-order valence-corrected chi connectivity index (χ2v) is 8.78. The Labute approximate surface area is 227 Å². The Hall–Kier alpha value is -4.05. The summed E-state index contributed by atoms with van der Waals surface area (Å²) in [7, 11) is 5.03. The van der Waals surface area contributed by atoms with Crippen LogP contribution in [0.4, 0.5) is 0 Å². The number of rotatable bonds is 10. The first-order valence-corrected chi connectivity index (χ1v) is 12.7. The van der Waals surface area contributed by atoms with Gasteiger partial charge in [-0.1, -0.05) is 12.1 Å². The van der Waals surface area contributed by atoms with E-state index in [0.717, 1.165) is 50.1 Å². The smallest absolute Gasteiger partial charge is 0.138 e. The molecule has 3 aromatic carbocycles. The van der Waals surface area contributed by atoms with Crippen LogP contribution in [0, 0.1) is 0 Å². The fraction of sp³-hybridized carbons (Fsp3) is 0.172. The van der Waals surface area contributed by atoms with Gasteiger partial charge in [0, 0.05) is 42.7 Å². The standard InChI is InChI=1S/C21H22N4O2S.C8H11NO/c1-23-15(9-11-22)14-25-28-18-6-3-16(4-7-18)27-21-10-12-24-20-13-17(26-2)5-8-19(20)21;1-10-8-4-2-7(6-9)3-5-8/h3-13,25H,14,22H2,1-2H3;2-5H,6,9H2,1H3/b11-9-,23-15?;. The van der Waals surface area contributed by atoms with Gasteiger partial charge in [0.15, 0.2) is 0 Å². The Morgan fingerprint density at radius 1 is 0.947 bits per heavy atom. The SMILES string of the molecule is CN=C(/C=C\N)CNSc1ccc(Oc2ccnc3cc(OC)ccc23)cc1.COc1ccc(CN)cc1. The maximum atomic E-state index is 6.06. The molecule has 4 rings (SSSR count). The summed E-state index contributed by atoms with van der Waals surface area (Å²) in [5.41, 5.74) is 13.6. The second-order valence-electron chi connectivity index (χ2n) is 7.82. The zero-order chi connectivity index (χ0) is 27.2. The third kappa shape index (κ3) is 8.52. The summed E-state index contributed by atoms with van der Waals surface area (Å²) in [6.45, 7) is 1.21. The highest BCUT2D eigenvalue weighted by Gasteiger charge is 2.06. The van der Waals surface area contributed by atoms with Gasteiger partial charge in [-0.2, -0.15) is 0 Å². The number of aromatic nitrogens is 1. The molecule has 0 spiro atoms. The largest absolute Gasteiger partial charge is 0.497 e. The van der Waals surface area contributed by atoms with Gasteiger partial charge in [0.05, 0.1) is 25.4 Å². The molecule has 0 saturated heterocycles. The van der Waals surface area contributed by atoms with Gasteiger partial charge in [-0.3, -0.25) is 14.7 Å². The fourth-order valence-corrected chi connectivity index (χ4v) is 3.96. The van der Waals surface area contributed by atoms with Crippen LogP contribution in [0.3, 0.4) is 0 Å². The molecule has 0 bridgehead atoms. The molecule has 1 aromatic heterocycles. The van der Waals surface area contributed by atoms with Gasteiger partial charge < -0.3 is 25.7 Å². The zero-order valence-electron chi connectivity index (χ0n) is 21.8. The molecule has 0 atom stereocenters. The Morgan fingerprint density at radius 2 is 1.63 bits per heavy atom. The predicted octanol–water partition coefficient (Wildman–Crippen LogP) is 5.33. The van der Waals surface area contributed by atoms with Gasteiger partial charge >= 0.3 is 0 Å². The van der Waals surface area contributed by atoms with Crippen molar-refractivity contribution in [3.8, 4) is 23.0 Å². The summed E-state index contributed by atoms with van der Waals surface area (Å²) in [5.74, 6) is 3.15. The van der Waals surface area contributed by atoms with Crippen LogP contribution < -0.4 is 30.4 Å². The summed E-state index contributed by atoms with van der Waals surface area (Å²) in [5, 5.41) is 0.933. The number of nitrogens with one attached hydrogen (secondary N) is 1. The lowest BCUT2D eigenvalue weighted by Gasteiger charge is -2.10. The first-order valence-electron chi connectivity index (χ1n) is 11.9. The van der Waals surface area contributed by atoms with Gasteiger partial charge in [-0.15, -0.1) is 0 Å². The molecule has 198 valence electrons. The highest BCUT2D eigenvalue weighted by molar-refractivity contribution is 7.97. The number of methoxy groups -OCH3 is 2. The number of hydrogen-bond acceptors (Lipinski definition) is 9. The van der Waals surface area contributed by atoms with Crippen LogP contribution in [0.5, 0.6) is 23.0 Å². The normalized spacial score (nSPS) is 11.2. The van der Waals surface area contributed by atoms with E-state index in [1.54, 1.807) is 33.5 Å². The summed E-state index contributed by atoms with van der Waals surface area (Å²) in [6, 6.07) is 23.2. The summed E-state index contributed by atoms with van der Waals surface area (Å²) >= 11 is 1.53. The average molecular weight is 532 g/mol. The minimum absolute atomic E-state index is 0.587. The quantitative estimate of drug-likeness (QED) is 0.186. The maximum Gasteiger partial charge on any atom is 0.138 e. The minimum atomic E-state index is 0.587. The molecule has 1 heterocycles. The highest BCUT2D eigenvalue weighted by Crippen LogP contribution is 2.31. The van der Waals surface area contributed by atoms with E-state index >= 15 is 0 Å². The number of aliphatic imine (C=N–C) groups is 1. The van der Waals surface area contributed by atoms with E-state index in [2.05, 4.69) is 14.7 Å². The van der Waals surface area contributed by atoms with Crippen LogP contribution in [0.1, 0.15) is 5.56 Å². The van der Waals surface area contributed by atoms with E-state index in [-0.39, 0.29) is 0 Å². The number of pyridine rings is 1. The van der Waals surface area contributed by atoms with Crippen LogP contribution >= 0.6 is 11.9 Å². The Kier molecular flexibility index (Phi) is 11.5. The molecule has 38 heavy (non-hydrogen) atoms.